The largest absolute Gasteiger partial charge is 0.323 e. The number of carbonyl (C=O) groups is 1. The van der Waals surface area contributed by atoms with Crippen molar-refractivity contribution in [3.63, 3.8) is 0 Å². The summed E-state index contributed by atoms with van der Waals surface area (Å²) in [7, 11) is -4.00. The Hall–Kier alpha value is -3.96. The summed E-state index contributed by atoms with van der Waals surface area (Å²) in [4.78, 5) is 18.6. The maximum absolute atomic E-state index is 14.2. The van der Waals surface area contributed by atoms with E-state index in [4.69, 9.17) is 0 Å². The van der Waals surface area contributed by atoms with Crippen molar-refractivity contribution >= 4 is 22.1 Å². The first-order chi connectivity index (χ1) is 18.2. The standard InChI is InChI=1S/C27H25FN6O3S/c1-18-7-10-29-24(13-18)26(35)27-15-20-16-31-33(23-5-3-22(28)4-6-23)25(20)14-21(27)9-12-32(17-27)38(36,37)34-19(2)8-11-30-34/h3-8,10-11,13-14,16H,9,12,15,17H2,1-2H3/t27-/m0/s1. The first kappa shape index (κ1) is 24.4. The van der Waals surface area contributed by atoms with E-state index in [1.54, 1.807) is 48.3 Å². The highest BCUT2D eigenvalue weighted by molar-refractivity contribution is 7.87. The molecule has 0 saturated carbocycles. The quantitative estimate of drug-likeness (QED) is 0.365. The van der Waals surface area contributed by atoms with Crippen LogP contribution in [0.1, 0.15) is 39.4 Å². The highest BCUT2D eigenvalue weighted by atomic mass is 32.2. The number of piperidine rings is 1. The number of aromatic nitrogens is 5. The molecule has 9 nitrogen and oxygen atoms in total. The van der Waals surface area contributed by atoms with Crippen molar-refractivity contribution in [3.05, 3.63) is 101 Å². The molecule has 0 bridgehead atoms. The van der Waals surface area contributed by atoms with Crippen LogP contribution >= 0.6 is 0 Å². The zero-order chi connectivity index (χ0) is 26.7. The van der Waals surface area contributed by atoms with Gasteiger partial charge in [-0.25, -0.2) is 9.07 Å². The second-order valence-corrected chi connectivity index (χ2v) is 11.6. The number of halogens is 1. The fourth-order valence-corrected chi connectivity index (χ4v) is 6.94. The van der Waals surface area contributed by atoms with Gasteiger partial charge in [-0.3, -0.25) is 9.78 Å². The van der Waals surface area contributed by atoms with Crippen LogP contribution in [0.2, 0.25) is 0 Å². The van der Waals surface area contributed by atoms with Crippen LogP contribution in [0.25, 0.3) is 11.8 Å². The number of rotatable bonds is 5. The molecule has 2 aliphatic rings. The van der Waals surface area contributed by atoms with E-state index >= 15 is 0 Å². The first-order valence-electron chi connectivity index (χ1n) is 12.2. The lowest BCUT2D eigenvalue weighted by Crippen LogP contribution is -2.54. The molecular weight excluding hydrogens is 507 g/mol. The average molecular weight is 533 g/mol. The van der Waals surface area contributed by atoms with E-state index in [0.29, 0.717) is 23.5 Å². The Morgan fingerprint density at radius 2 is 1.84 bits per heavy atom. The monoisotopic (exact) mass is 532 g/mol. The normalized spacial score (nSPS) is 19.5. The van der Waals surface area contributed by atoms with Gasteiger partial charge in [0.15, 0.2) is 5.78 Å². The van der Waals surface area contributed by atoms with Crippen LogP contribution in [0.3, 0.4) is 0 Å². The molecule has 1 saturated heterocycles. The molecule has 6 rings (SSSR count). The Bertz CT molecular complexity index is 1710. The summed E-state index contributed by atoms with van der Waals surface area (Å²) in [6.45, 7) is 3.71. The van der Waals surface area contributed by atoms with Gasteiger partial charge in [0.05, 0.1) is 34.9 Å². The maximum atomic E-state index is 14.2. The van der Waals surface area contributed by atoms with Gasteiger partial charge in [-0.15, -0.1) is 4.09 Å². The maximum Gasteiger partial charge on any atom is 0.323 e. The summed E-state index contributed by atoms with van der Waals surface area (Å²) in [5.41, 5.74) is 3.62. The Morgan fingerprint density at radius 1 is 1.05 bits per heavy atom. The SMILES string of the molecule is Cc1ccnc(C(=O)[C@]23Cc4cnn(-c5ccc(F)cc5)c4C=C2CCN(S(=O)(=O)n2nccc2C)C3)c1. The zero-order valence-electron chi connectivity index (χ0n) is 20.9. The summed E-state index contributed by atoms with van der Waals surface area (Å²) in [6, 6.07) is 11.2. The van der Waals surface area contributed by atoms with E-state index in [-0.39, 0.29) is 31.1 Å². The fraction of sp³-hybridized carbons (Fsp3) is 0.259. The van der Waals surface area contributed by atoms with Crippen LogP contribution in [-0.2, 0) is 16.6 Å². The third-order valence-electron chi connectivity index (χ3n) is 7.37. The number of Topliss-reactive ketones (excluding diaryl/α,β-unsaturated/α-hetero) is 1. The number of nitrogens with zero attached hydrogens (tertiary/aromatic N) is 6. The minimum Gasteiger partial charge on any atom is -0.291 e. The number of hydrogen-bond donors (Lipinski definition) is 0. The van der Waals surface area contributed by atoms with E-state index < -0.39 is 15.6 Å². The molecule has 11 heteroatoms. The molecule has 0 amide bonds. The molecule has 0 unspecified atom stereocenters. The Kier molecular flexibility index (Phi) is 5.65. The number of ketones is 1. The van der Waals surface area contributed by atoms with Crippen molar-refractivity contribution in [1.82, 2.24) is 28.3 Å². The van der Waals surface area contributed by atoms with Crippen molar-refractivity contribution in [3.8, 4) is 5.69 Å². The summed E-state index contributed by atoms with van der Waals surface area (Å²) < 4.78 is 44.8. The van der Waals surface area contributed by atoms with Crippen molar-refractivity contribution in [2.75, 3.05) is 13.1 Å². The predicted molar refractivity (Wildman–Crippen MR) is 138 cm³/mol. The smallest absolute Gasteiger partial charge is 0.291 e. The van der Waals surface area contributed by atoms with Gasteiger partial charge in [0.2, 0.25) is 0 Å². The van der Waals surface area contributed by atoms with Crippen LogP contribution in [0.5, 0.6) is 0 Å². The summed E-state index contributed by atoms with van der Waals surface area (Å²) >= 11 is 0. The third-order valence-corrected chi connectivity index (χ3v) is 9.15. The molecule has 0 N–H and O–H groups in total. The lowest BCUT2D eigenvalue weighted by atomic mass is 9.65. The van der Waals surface area contributed by atoms with Gasteiger partial charge in [0.1, 0.15) is 11.5 Å². The van der Waals surface area contributed by atoms with Gasteiger partial charge in [-0.2, -0.15) is 22.9 Å². The molecule has 1 aromatic carbocycles. The van der Waals surface area contributed by atoms with E-state index in [1.165, 1.54) is 22.6 Å². The minimum absolute atomic E-state index is 0.0455. The Labute approximate surface area is 219 Å². The predicted octanol–water partition coefficient (Wildman–Crippen LogP) is 3.53. The van der Waals surface area contributed by atoms with E-state index in [9.17, 15) is 17.6 Å². The topological polar surface area (TPSA) is 103 Å². The number of fused-ring (bicyclic) bond motifs is 2. The molecule has 4 heterocycles. The van der Waals surface area contributed by atoms with Gasteiger partial charge in [-0.05, 0) is 86.4 Å². The van der Waals surface area contributed by atoms with Gasteiger partial charge in [0, 0.05) is 19.3 Å². The number of hydrogen-bond acceptors (Lipinski definition) is 6. The Balaban J connectivity index is 1.47. The van der Waals surface area contributed by atoms with Crippen molar-refractivity contribution in [1.29, 1.82) is 0 Å². The Morgan fingerprint density at radius 3 is 2.55 bits per heavy atom. The highest BCUT2D eigenvalue weighted by Gasteiger charge is 2.51. The van der Waals surface area contributed by atoms with E-state index in [0.717, 1.165) is 26.5 Å². The van der Waals surface area contributed by atoms with Gasteiger partial charge in [0.25, 0.3) is 0 Å². The molecule has 1 atom stereocenters. The molecule has 1 fully saturated rings. The van der Waals surface area contributed by atoms with Crippen molar-refractivity contribution in [2.45, 2.75) is 26.7 Å². The minimum atomic E-state index is -4.00. The van der Waals surface area contributed by atoms with E-state index in [1.807, 2.05) is 19.1 Å². The molecule has 1 aliphatic carbocycles. The number of pyridine rings is 1. The van der Waals surface area contributed by atoms with Crippen LogP contribution in [-0.4, -0.2) is 55.5 Å². The molecule has 1 aliphatic heterocycles. The molecule has 0 radical (unpaired) electrons. The van der Waals surface area contributed by atoms with Gasteiger partial charge >= 0.3 is 10.2 Å². The molecule has 3 aromatic heterocycles. The third kappa shape index (κ3) is 3.81. The van der Waals surface area contributed by atoms with Gasteiger partial charge < -0.3 is 0 Å². The molecule has 4 aromatic rings. The van der Waals surface area contributed by atoms with Gasteiger partial charge in [-0.1, -0.05) is 5.57 Å². The summed E-state index contributed by atoms with van der Waals surface area (Å²) in [5, 5.41) is 8.55. The molecular formula is C27H25FN6O3S. The summed E-state index contributed by atoms with van der Waals surface area (Å²) in [6.07, 6.45) is 7.27. The van der Waals surface area contributed by atoms with Crippen LogP contribution in [0, 0.1) is 25.1 Å². The number of carbonyl (C=O) groups excluding carboxylic acids is 1. The lowest BCUT2D eigenvalue weighted by Gasteiger charge is -2.44. The fourth-order valence-electron chi connectivity index (χ4n) is 5.41. The van der Waals surface area contributed by atoms with Crippen molar-refractivity contribution in [2.24, 2.45) is 5.41 Å². The number of aryl methyl sites for hydroxylation is 2. The van der Waals surface area contributed by atoms with Crippen LogP contribution in [0.4, 0.5) is 4.39 Å². The van der Waals surface area contributed by atoms with Crippen molar-refractivity contribution < 1.29 is 17.6 Å². The lowest BCUT2D eigenvalue weighted by molar-refractivity contribution is 0.0769. The first-order valence-corrected chi connectivity index (χ1v) is 13.6. The van der Waals surface area contributed by atoms with E-state index in [2.05, 4.69) is 15.2 Å². The second-order valence-electron chi connectivity index (χ2n) is 9.83. The molecule has 38 heavy (non-hydrogen) atoms. The summed E-state index contributed by atoms with van der Waals surface area (Å²) in [5.74, 6) is -0.575. The molecule has 194 valence electrons. The second kappa shape index (κ2) is 8.81. The molecule has 0 spiro atoms. The number of benzene rings is 1. The van der Waals surface area contributed by atoms with Crippen LogP contribution < -0.4 is 0 Å². The average Bonchev–Trinajstić information content (AvgIpc) is 3.53. The highest BCUT2D eigenvalue weighted by Crippen LogP contribution is 2.46. The zero-order valence-corrected chi connectivity index (χ0v) is 21.7. The van der Waals surface area contributed by atoms with Crippen LogP contribution in [0.15, 0.2) is 66.6 Å².